The third-order valence-electron chi connectivity index (χ3n) is 4.39. The summed E-state index contributed by atoms with van der Waals surface area (Å²) in [7, 11) is 0. The Labute approximate surface area is 167 Å². The number of anilines is 1. The molecule has 144 valence electrons. The molecule has 3 aromatic rings. The minimum absolute atomic E-state index is 0. The number of nitrogen functional groups attached to an aromatic ring is 1. The molecule has 6 nitrogen and oxygen atoms in total. The first kappa shape index (κ1) is 20.9. The van der Waals surface area contributed by atoms with Gasteiger partial charge in [-0.25, -0.2) is 4.98 Å². The number of carbonyl (C=O) groups is 1. The van der Waals surface area contributed by atoms with E-state index >= 15 is 0 Å². The monoisotopic (exact) mass is 406 g/mol. The Morgan fingerprint density at radius 1 is 1.22 bits per heavy atom. The normalized spacial score (nSPS) is 10.6. The number of aromatic amines is 1. The zero-order valence-electron chi connectivity index (χ0n) is 15.3. The van der Waals surface area contributed by atoms with Gasteiger partial charge >= 0.3 is 0 Å². The van der Waals surface area contributed by atoms with Crippen molar-refractivity contribution in [2.24, 2.45) is 0 Å². The lowest BCUT2D eigenvalue weighted by atomic mass is 10.1. The van der Waals surface area contributed by atoms with Crippen molar-refractivity contribution in [1.82, 2.24) is 15.3 Å². The number of aryl methyl sites for hydroxylation is 3. The van der Waals surface area contributed by atoms with Gasteiger partial charge in [-0.15, -0.1) is 23.7 Å². The molecule has 2 aromatic heterocycles. The van der Waals surface area contributed by atoms with Crippen molar-refractivity contribution < 1.29 is 4.79 Å². The maximum absolute atomic E-state index is 12.2. The highest BCUT2D eigenvalue weighted by atomic mass is 35.5. The number of nitrogens with two attached hydrogens (primary N) is 1. The van der Waals surface area contributed by atoms with Crippen molar-refractivity contribution in [2.75, 3.05) is 12.3 Å². The van der Waals surface area contributed by atoms with Crippen molar-refractivity contribution in [1.29, 1.82) is 0 Å². The van der Waals surface area contributed by atoms with Crippen LogP contribution in [0.5, 0.6) is 0 Å². The van der Waals surface area contributed by atoms with Crippen LogP contribution >= 0.6 is 23.7 Å². The van der Waals surface area contributed by atoms with E-state index in [9.17, 15) is 9.59 Å². The molecule has 0 spiro atoms. The molecular weight excluding hydrogens is 384 g/mol. The van der Waals surface area contributed by atoms with Gasteiger partial charge in [-0.3, -0.25) is 9.59 Å². The Balaban J connectivity index is 0.00000261. The van der Waals surface area contributed by atoms with Crippen LogP contribution in [0.3, 0.4) is 0 Å². The fraction of sp³-hybridized carbons (Fsp3) is 0.316. The second-order valence-corrected chi connectivity index (χ2v) is 7.52. The van der Waals surface area contributed by atoms with Gasteiger partial charge in [0.05, 0.1) is 5.39 Å². The first-order chi connectivity index (χ1) is 12.4. The molecular formula is C19H23ClN4O2S. The van der Waals surface area contributed by atoms with Gasteiger partial charge in [-0.2, -0.15) is 0 Å². The summed E-state index contributed by atoms with van der Waals surface area (Å²) < 4.78 is 0. The molecule has 2 heterocycles. The molecule has 0 aliphatic rings. The average Bonchev–Trinajstić information content (AvgIpc) is 2.89. The average molecular weight is 407 g/mol. The minimum atomic E-state index is -0.129. The van der Waals surface area contributed by atoms with Crippen molar-refractivity contribution >= 4 is 45.6 Å². The Bertz CT molecular complexity index is 995. The molecule has 1 amide bonds. The maximum atomic E-state index is 12.2. The lowest BCUT2D eigenvalue weighted by Gasteiger charge is -2.06. The number of halogens is 1. The smallest absolute Gasteiger partial charge is 0.259 e. The Kier molecular flexibility index (Phi) is 6.98. The zero-order valence-corrected chi connectivity index (χ0v) is 16.9. The summed E-state index contributed by atoms with van der Waals surface area (Å²) in [6.07, 6.45) is 1.45. The Morgan fingerprint density at radius 2 is 1.93 bits per heavy atom. The van der Waals surface area contributed by atoms with E-state index in [2.05, 4.69) is 15.3 Å². The predicted molar refractivity (Wildman–Crippen MR) is 113 cm³/mol. The number of nitrogens with one attached hydrogen (secondary N) is 2. The lowest BCUT2D eigenvalue weighted by Crippen LogP contribution is -2.26. The summed E-state index contributed by atoms with van der Waals surface area (Å²) in [6, 6.07) is 7.61. The molecule has 0 radical (unpaired) electrons. The molecule has 0 saturated heterocycles. The van der Waals surface area contributed by atoms with Crippen molar-refractivity contribution in [3.8, 4) is 0 Å². The molecule has 8 heteroatoms. The van der Waals surface area contributed by atoms with Crippen molar-refractivity contribution in [3.63, 3.8) is 0 Å². The quantitative estimate of drug-likeness (QED) is 0.548. The molecule has 0 fully saturated rings. The topological polar surface area (TPSA) is 101 Å². The number of amides is 1. The number of benzene rings is 1. The highest BCUT2D eigenvalue weighted by Gasteiger charge is 2.12. The van der Waals surface area contributed by atoms with E-state index in [-0.39, 0.29) is 23.9 Å². The lowest BCUT2D eigenvalue weighted by molar-refractivity contribution is -0.121. The summed E-state index contributed by atoms with van der Waals surface area (Å²) in [6.45, 7) is 4.48. The van der Waals surface area contributed by atoms with E-state index in [0.29, 0.717) is 30.6 Å². The largest absolute Gasteiger partial charge is 0.399 e. The number of fused-ring (bicyclic) bond motifs is 1. The van der Waals surface area contributed by atoms with Crippen LogP contribution in [0, 0.1) is 13.8 Å². The van der Waals surface area contributed by atoms with Gasteiger partial charge in [0.15, 0.2) is 0 Å². The van der Waals surface area contributed by atoms with Crippen LogP contribution in [0.2, 0.25) is 0 Å². The van der Waals surface area contributed by atoms with Gasteiger partial charge in [-0.05, 0) is 43.5 Å². The first-order valence-corrected chi connectivity index (χ1v) is 9.35. The molecule has 0 unspecified atom stereocenters. The molecule has 4 N–H and O–H groups in total. The van der Waals surface area contributed by atoms with E-state index in [1.807, 2.05) is 38.1 Å². The van der Waals surface area contributed by atoms with E-state index < -0.39 is 0 Å². The van der Waals surface area contributed by atoms with Crippen LogP contribution in [0.1, 0.15) is 28.2 Å². The zero-order chi connectivity index (χ0) is 18.7. The van der Waals surface area contributed by atoms with Gasteiger partial charge in [-0.1, -0.05) is 12.1 Å². The summed E-state index contributed by atoms with van der Waals surface area (Å²) in [5, 5.41) is 3.55. The van der Waals surface area contributed by atoms with Gasteiger partial charge in [0, 0.05) is 30.0 Å². The third kappa shape index (κ3) is 5.08. The van der Waals surface area contributed by atoms with Crippen molar-refractivity contribution in [2.45, 2.75) is 33.1 Å². The summed E-state index contributed by atoms with van der Waals surface area (Å²) in [5.41, 5.74) is 8.35. The summed E-state index contributed by atoms with van der Waals surface area (Å²) in [5.74, 6) is 0.499. The molecule has 27 heavy (non-hydrogen) atoms. The van der Waals surface area contributed by atoms with Crippen LogP contribution < -0.4 is 16.6 Å². The van der Waals surface area contributed by atoms with Gasteiger partial charge in [0.1, 0.15) is 10.7 Å². The van der Waals surface area contributed by atoms with Gasteiger partial charge < -0.3 is 16.0 Å². The molecule has 0 bridgehead atoms. The molecule has 0 aliphatic heterocycles. The Morgan fingerprint density at radius 3 is 2.63 bits per heavy atom. The number of aromatic nitrogens is 2. The molecule has 0 atom stereocenters. The van der Waals surface area contributed by atoms with E-state index in [1.54, 1.807) is 0 Å². The SMILES string of the molecule is Cc1sc2nc(CCC(=O)NCCc3ccc(N)cc3)[nH]c(=O)c2c1C.Cl. The van der Waals surface area contributed by atoms with Crippen LogP contribution in [-0.4, -0.2) is 22.4 Å². The van der Waals surface area contributed by atoms with Crippen LogP contribution in [0.15, 0.2) is 29.1 Å². The number of carbonyl (C=O) groups excluding carboxylic acids is 1. The second-order valence-electron chi connectivity index (χ2n) is 6.32. The number of hydrogen-bond donors (Lipinski definition) is 3. The summed E-state index contributed by atoms with van der Waals surface area (Å²) in [4.78, 5) is 33.4. The fourth-order valence-electron chi connectivity index (χ4n) is 2.77. The Hall–Kier alpha value is -2.38. The van der Waals surface area contributed by atoms with E-state index in [1.165, 1.54) is 11.3 Å². The molecule has 0 saturated carbocycles. The molecule has 0 aliphatic carbocycles. The molecule has 1 aromatic carbocycles. The minimum Gasteiger partial charge on any atom is -0.399 e. The van der Waals surface area contributed by atoms with Crippen LogP contribution in [0.4, 0.5) is 5.69 Å². The standard InChI is InChI=1S/C19H22N4O2S.ClH/c1-11-12(2)26-19-17(11)18(25)22-15(23-19)7-8-16(24)21-10-9-13-3-5-14(20)6-4-13;/h3-6H,7-10,20H2,1-2H3,(H,21,24)(H,22,23,25);1H. The third-order valence-corrected chi connectivity index (χ3v) is 5.49. The number of rotatable bonds is 6. The summed E-state index contributed by atoms with van der Waals surface area (Å²) >= 11 is 1.51. The first-order valence-electron chi connectivity index (χ1n) is 8.54. The van der Waals surface area contributed by atoms with Crippen LogP contribution in [-0.2, 0) is 17.6 Å². The number of H-pyrrole nitrogens is 1. The predicted octanol–water partition coefficient (Wildman–Crippen LogP) is 2.90. The molecule has 3 rings (SSSR count). The number of nitrogens with zero attached hydrogens (tertiary/aromatic N) is 1. The van der Waals surface area contributed by atoms with Gasteiger partial charge in [0.2, 0.25) is 5.91 Å². The van der Waals surface area contributed by atoms with Gasteiger partial charge in [0.25, 0.3) is 5.56 Å². The van der Waals surface area contributed by atoms with E-state index in [0.717, 1.165) is 32.9 Å². The maximum Gasteiger partial charge on any atom is 0.259 e. The second kappa shape index (κ2) is 9.01. The number of hydrogen-bond acceptors (Lipinski definition) is 5. The van der Waals surface area contributed by atoms with E-state index in [4.69, 9.17) is 5.73 Å². The highest BCUT2D eigenvalue weighted by Crippen LogP contribution is 2.25. The van der Waals surface area contributed by atoms with Crippen LogP contribution in [0.25, 0.3) is 10.2 Å². The highest BCUT2D eigenvalue weighted by molar-refractivity contribution is 7.18. The van der Waals surface area contributed by atoms with Crippen molar-refractivity contribution in [3.05, 3.63) is 56.4 Å². The fourth-order valence-corrected chi connectivity index (χ4v) is 3.82. The number of thiophene rings is 1.